The van der Waals surface area contributed by atoms with Gasteiger partial charge < -0.3 is 0 Å². The highest BCUT2D eigenvalue weighted by Crippen LogP contribution is 2.25. The molecule has 2 aromatic carbocycles. The SMILES string of the molecule is CSc1ccc(Cc2c(C)nn(-c3ccc(C#N)c(Cl)c3)c2C)cc1. The minimum atomic E-state index is 0.446. The van der Waals surface area contributed by atoms with Gasteiger partial charge in [-0.1, -0.05) is 23.7 Å². The van der Waals surface area contributed by atoms with E-state index in [2.05, 4.69) is 48.6 Å². The Morgan fingerprint density at radius 1 is 1.16 bits per heavy atom. The predicted octanol–water partition coefficient (Wildman–Crippen LogP) is 5.33. The third kappa shape index (κ3) is 3.58. The van der Waals surface area contributed by atoms with Crippen molar-refractivity contribution in [3.8, 4) is 11.8 Å². The van der Waals surface area contributed by atoms with Crippen LogP contribution < -0.4 is 0 Å². The minimum Gasteiger partial charge on any atom is -0.238 e. The first-order valence-corrected chi connectivity index (χ1v) is 9.51. The minimum absolute atomic E-state index is 0.446. The highest BCUT2D eigenvalue weighted by Gasteiger charge is 2.14. The first-order chi connectivity index (χ1) is 12.0. The molecule has 126 valence electrons. The average Bonchev–Trinajstić information content (AvgIpc) is 2.90. The summed E-state index contributed by atoms with van der Waals surface area (Å²) in [5, 5.41) is 14.1. The normalized spacial score (nSPS) is 10.7. The lowest BCUT2D eigenvalue weighted by molar-refractivity contribution is 0.832. The molecule has 3 rings (SSSR count). The van der Waals surface area contributed by atoms with Crippen LogP contribution in [0.3, 0.4) is 0 Å². The molecule has 0 unspecified atom stereocenters. The number of halogens is 1. The number of hydrogen-bond donors (Lipinski definition) is 0. The van der Waals surface area contributed by atoms with E-state index in [9.17, 15) is 0 Å². The number of nitriles is 1. The molecule has 0 spiro atoms. The molecule has 0 bridgehead atoms. The molecule has 3 nitrogen and oxygen atoms in total. The third-order valence-corrected chi connectivity index (χ3v) is 5.36. The van der Waals surface area contributed by atoms with E-state index in [1.165, 1.54) is 16.0 Å². The second kappa shape index (κ2) is 7.35. The molecule has 0 saturated carbocycles. The van der Waals surface area contributed by atoms with Crippen molar-refractivity contribution in [2.75, 3.05) is 6.26 Å². The van der Waals surface area contributed by atoms with Gasteiger partial charge in [0.2, 0.25) is 0 Å². The number of aryl methyl sites for hydroxylation is 1. The van der Waals surface area contributed by atoms with Crippen molar-refractivity contribution in [3.05, 3.63) is 75.6 Å². The van der Waals surface area contributed by atoms with Crippen LogP contribution in [0, 0.1) is 25.2 Å². The van der Waals surface area contributed by atoms with Crippen LogP contribution in [0.2, 0.25) is 5.02 Å². The van der Waals surface area contributed by atoms with Gasteiger partial charge in [-0.15, -0.1) is 11.8 Å². The Labute approximate surface area is 157 Å². The van der Waals surface area contributed by atoms with Crippen LogP contribution in [0.4, 0.5) is 0 Å². The summed E-state index contributed by atoms with van der Waals surface area (Å²) in [6, 6.07) is 16.1. The molecule has 0 amide bonds. The van der Waals surface area contributed by atoms with E-state index in [0.717, 1.165) is 23.5 Å². The number of rotatable bonds is 4. The van der Waals surface area contributed by atoms with Crippen LogP contribution in [0.1, 0.15) is 28.1 Å². The zero-order valence-corrected chi connectivity index (χ0v) is 15.9. The molecule has 3 aromatic rings. The summed E-state index contributed by atoms with van der Waals surface area (Å²) >= 11 is 7.91. The number of benzene rings is 2. The highest BCUT2D eigenvalue weighted by molar-refractivity contribution is 7.98. The van der Waals surface area contributed by atoms with Gasteiger partial charge in [0.25, 0.3) is 0 Å². The van der Waals surface area contributed by atoms with Gasteiger partial charge >= 0.3 is 0 Å². The standard InChI is InChI=1S/C20H18ClN3S/c1-13-19(10-15-4-8-18(25-3)9-5-15)14(2)24(23-13)17-7-6-16(12-22)20(21)11-17/h4-9,11H,10H2,1-3H3. The van der Waals surface area contributed by atoms with E-state index in [-0.39, 0.29) is 0 Å². The van der Waals surface area contributed by atoms with Crippen molar-refractivity contribution >= 4 is 23.4 Å². The molecule has 5 heteroatoms. The van der Waals surface area contributed by atoms with Crippen LogP contribution in [0.25, 0.3) is 5.69 Å². The molecular weight excluding hydrogens is 350 g/mol. The van der Waals surface area contributed by atoms with E-state index < -0.39 is 0 Å². The Morgan fingerprint density at radius 3 is 2.48 bits per heavy atom. The molecule has 0 N–H and O–H groups in total. The monoisotopic (exact) mass is 367 g/mol. The fourth-order valence-electron chi connectivity index (χ4n) is 2.86. The summed E-state index contributed by atoms with van der Waals surface area (Å²) in [5.41, 5.74) is 5.92. The fourth-order valence-corrected chi connectivity index (χ4v) is 3.48. The first kappa shape index (κ1) is 17.6. The molecule has 25 heavy (non-hydrogen) atoms. The Bertz CT molecular complexity index is 952. The second-order valence-corrected chi connectivity index (χ2v) is 7.15. The van der Waals surface area contributed by atoms with Gasteiger partial charge in [0.15, 0.2) is 0 Å². The quantitative estimate of drug-likeness (QED) is 0.585. The van der Waals surface area contributed by atoms with Gasteiger partial charge in [0.05, 0.1) is 22.0 Å². The van der Waals surface area contributed by atoms with Crippen molar-refractivity contribution < 1.29 is 0 Å². The number of hydrogen-bond acceptors (Lipinski definition) is 3. The van der Waals surface area contributed by atoms with E-state index in [0.29, 0.717) is 10.6 Å². The zero-order chi connectivity index (χ0) is 18.0. The summed E-state index contributed by atoms with van der Waals surface area (Å²) < 4.78 is 1.90. The molecule has 0 atom stereocenters. The second-order valence-electron chi connectivity index (χ2n) is 5.86. The molecule has 1 heterocycles. The lowest BCUT2D eigenvalue weighted by atomic mass is 10.0. The van der Waals surface area contributed by atoms with Crippen LogP contribution in [-0.2, 0) is 6.42 Å². The van der Waals surface area contributed by atoms with E-state index in [4.69, 9.17) is 16.9 Å². The molecular formula is C20H18ClN3S. The van der Waals surface area contributed by atoms with E-state index in [1.807, 2.05) is 17.7 Å². The van der Waals surface area contributed by atoms with E-state index >= 15 is 0 Å². The van der Waals surface area contributed by atoms with Crippen LogP contribution in [0.5, 0.6) is 0 Å². The number of thioether (sulfide) groups is 1. The predicted molar refractivity (Wildman–Crippen MR) is 104 cm³/mol. The van der Waals surface area contributed by atoms with Gasteiger partial charge in [-0.05, 0) is 56.0 Å². The average molecular weight is 368 g/mol. The Hall–Kier alpha value is -2.22. The molecule has 0 aliphatic heterocycles. The van der Waals surface area contributed by atoms with Crippen molar-refractivity contribution in [1.82, 2.24) is 9.78 Å². The van der Waals surface area contributed by atoms with Crippen LogP contribution >= 0.6 is 23.4 Å². The zero-order valence-electron chi connectivity index (χ0n) is 14.4. The molecule has 0 aliphatic rings. The lowest BCUT2D eigenvalue weighted by Gasteiger charge is -2.07. The van der Waals surface area contributed by atoms with Crippen LogP contribution in [-0.4, -0.2) is 16.0 Å². The fraction of sp³-hybridized carbons (Fsp3) is 0.200. The first-order valence-electron chi connectivity index (χ1n) is 7.91. The smallest absolute Gasteiger partial charge is 0.101 e. The van der Waals surface area contributed by atoms with Gasteiger partial charge in [0.1, 0.15) is 6.07 Å². The summed E-state index contributed by atoms with van der Waals surface area (Å²) in [4.78, 5) is 1.26. The van der Waals surface area contributed by atoms with E-state index in [1.54, 1.807) is 23.9 Å². The van der Waals surface area contributed by atoms with Crippen molar-refractivity contribution in [3.63, 3.8) is 0 Å². The van der Waals surface area contributed by atoms with Crippen LogP contribution in [0.15, 0.2) is 47.4 Å². The maximum absolute atomic E-state index is 9.03. The molecule has 0 saturated heterocycles. The van der Waals surface area contributed by atoms with Gasteiger partial charge in [-0.25, -0.2) is 4.68 Å². The van der Waals surface area contributed by atoms with Gasteiger partial charge in [0, 0.05) is 22.6 Å². The molecule has 1 aromatic heterocycles. The number of nitrogens with zero attached hydrogens (tertiary/aromatic N) is 3. The van der Waals surface area contributed by atoms with Crippen molar-refractivity contribution in [2.45, 2.75) is 25.2 Å². The maximum atomic E-state index is 9.03. The molecule has 0 fully saturated rings. The third-order valence-electron chi connectivity index (χ3n) is 4.30. The number of aromatic nitrogens is 2. The molecule has 0 radical (unpaired) electrons. The largest absolute Gasteiger partial charge is 0.238 e. The lowest BCUT2D eigenvalue weighted by Crippen LogP contribution is -2.00. The van der Waals surface area contributed by atoms with Gasteiger partial charge in [-0.3, -0.25) is 0 Å². The molecule has 0 aliphatic carbocycles. The summed E-state index contributed by atoms with van der Waals surface area (Å²) in [7, 11) is 0. The summed E-state index contributed by atoms with van der Waals surface area (Å²) in [6.45, 7) is 4.10. The Balaban J connectivity index is 1.95. The highest BCUT2D eigenvalue weighted by atomic mass is 35.5. The summed E-state index contributed by atoms with van der Waals surface area (Å²) in [6.07, 6.45) is 2.92. The van der Waals surface area contributed by atoms with Crippen molar-refractivity contribution in [2.24, 2.45) is 0 Å². The Morgan fingerprint density at radius 2 is 1.88 bits per heavy atom. The topological polar surface area (TPSA) is 41.6 Å². The maximum Gasteiger partial charge on any atom is 0.101 e. The van der Waals surface area contributed by atoms with Crippen molar-refractivity contribution in [1.29, 1.82) is 5.26 Å². The summed E-state index contributed by atoms with van der Waals surface area (Å²) in [5.74, 6) is 0. The van der Waals surface area contributed by atoms with Gasteiger partial charge in [-0.2, -0.15) is 10.4 Å². The Kier molecular flexibility index (Phi) is 5.17.